The molecule has 3 aromatic heterocycles. The van der Waals surface area contributed by atoms with Crippen LogP contribution in [0.25, 0.3) is 89.0 Å². The number of rotatable bonds is 4. The quantitative estimate of drug-likeness (QED) is 0.199. The molecule has 0 atom stereocenters. The van der Waals surface area contributed by atoms with Gasteiger partial charge >= 0.3 is 5.69 Å². The lowest BCUT2D eigenvalue weighted by Crippen LogP contribution is -2.19. The van der Waals surface area contributed by atoms with Gasteiger partial charge in [-0.1, -0.05) is 84.9 Å². The second-order valence-electron chi connectivity index (χ2n) is 11.9. The summed E-state index contributed by atoms with van der Waals surface area (Å²) < 4.78 is 9.59. The Labute approximate surface area is 269 Å². The van der Waals surface area contributed by atoms with Crippen LogP contribution in [0.3, 0.4) is 0 Å². The largest absolute Gasteiger partial charge is 0.456 e. The van der Waals surface area contributed by atoms with Crippen molar-refractivity contribution in [2.24, 2.45) is 14.1 Å². The van der Waals surface area contributed by atoms with Crippen molar-refractivity contribution in [2.45, 2.75) is 0 Å². The molecule has 9 aromatic rings. The number of imidazole rings is 1. The average Bonchev–Trinajstić information content (AvgIpc) is 3.59. The van der Waals surface area contributed by atoms with Crippen molar-refractivity contribution in [3.63, 3.8) is 0 Å². The van der Waals surface area contributed by atoms with E-state index in [0.717, 1.165) is 71.6 Å². The molecule has 3 heterocycles. The van der Waals surface area contributed by atoms with E-state index in [0.29, 0.717) is 17.5 Å². The standard InChI is InChI=1S/C40H27N5O2/c1-44-33-18-16-29(22-34(33)45(2)40(44)46)24-12-14-26(15-13-24)38-41-37(25-8-4-3-5-9-25)42-39(43-38)30-17-19-35-31(21-30)32-20-27-10-6-7-11-28(27)23-36(32)47-35/h3-23H,1-2H3. The summed E-state index contributed by atoms with van der Waals surface area (Å²) in [6, 6.07) is 43.0. The van der Waals surface area contributed by atoms with Crippen LogP contribution in [-0.2, 0) is 14.1 Å². The molecular weight excluding hydrogens is 582 g/mol. The molecule has 0 unspecified atom stereocenters. The highest BCUT2D eigenvalue weighted by Crippen LogP contribution is 2.35. The van der Waals surface area contributed by atoms with Crippen LogP contribution in [0.1, 0.15) is 0 Å². The van der Waals surface area contributed by atoms with Crippen LogP contribution in [0.4, 0.5) is 0 Å². The molecule has 6 aromatic carbocycles. The van der Waals surface area contributed by atoms with Crippen LogP contribution >= 0.6 is 0 Å². The maximum atomic E-state index is 12.5. The molecule has 0 radical (unpaired) electrons. The van der Waals surface area contributed by atoms with Gasteiger partial charge in [-0.15, -0.1) is 0 Å². The van der Waals surface area contributed by atoms with E-state index in [-0.39, 0.29) is 5.69 Å². The summed E-state index contributed by atoms with van der Waals surface area (Å²) in [7, 11) is 3.60. The second-order valence-corrected chi connectivity index (χ2v) is 11.9. The summed E-state index contributed by atoms with van der Waals surface area (Å²) in [5.74, 6) is 1.78. The topological polar surface area (TPSA) is 78.7 Å². The number of furan rings is 1. The first-order chi connectivity index (χ1) is 23.0. The number of aromatic nitrogens is 5. The van der Waals surface area contributed by atoms with Crippen LogP contribution in [0.15, 0.2) is 137 Å². The van der Waals surface area contributed by atoms with Gasteiger partial charge in [-0.3, -0.25) is 9.13 Å². The van der Waals surface area contributed by atoms with Crippen molar-refractivity contribution in [2.75, 3.05) is 0 Å². The number of benzene rings is 6. The Balaban J connectivity index is 1.16. The van der Waals surface area contributed by atoms with Crippen molar-refractivity contribution in [3.05, 3.63) is 138 Å². The maximum Gasteiger partial charge on any atom is 0.328 e. The summed E-state index contributed by atoms with van der Waals surface area (Å²) >= 11 is 0. The molecule has 47 heavy (non-hydrogen) atoms. The third-order valence-corrected chi connectivity index (χ3v) is 9.01. The lowest BCUT2D eigenvalue weighted by molar-refractivity contribution is 0.669. The monoisotopic (exact) mass is 609 g/mol. The molecule has 0 aliphatic carbocycles. The van der Waals surface area contributed by atoms with Gasteiger partial charge in [0.2, 0.25) is 0 Å². The third kappa shape index (κ3) is 4.43. The first-order valence-corrected chi connectivity index (χ1v) is 15.4. The van der Waals surface area contributed by atoms with Crippen molar-refractivity contribution >= 4 is 43.7 Å². The highest BCUT2D eigenvalue weighted by molar-refractivity contribution is 6.10. The van der Waals surface area contributed by atoms with Gasteiger partial charge in [0, 0.05) is 41.6 Å². The normalized spacial score (nSPS) is 11.7. The van der Waals surface area contributed by atoms with E-state index in [1.807, 2.05) is 72.8 Å². The van der Waals surface area contributed by atoms with E-state index in [4.69, 9.17) is 19.4 Å². The first kappa shape index (κ1) is 27.0. The molecule has 0 fully saturated rings. The molecule has 0 N–H and O–H groups in total. The van der Waals surface area contributed by atoms with Crippen LogP contribution in [0.2, 0.25) is 0 Å². The van der Waals surface area contributed by atoms with Gasteiger partial charge in [0.1, 0.15) is 11.2 Å². The Morgan fingerprint density at radius 1 is 0.468 bits per heavy atom. The molecule has 7 heteroatoms. The Morgan fingerprint density at radius 2 is 1.02 bits per heavy atom. The number of nitrogens with zero attached hydrogens (tertiary/aromatic N) is 5. The summed E-state index contributed by atoms with van der Waals surface area (Å²) in [4.78, 5) is 27.3. The zero-order chi connectivity index (χ0) is 31.6. The molecule has 0 amide bonds. The molecule has 0 bridgehead atoms. The summed E-state index contributed by atoms with van der Waals surface area (Å²) in [6.45, 7) is 0. The molecule has 0 saturated heterocycles. The molecule has 224 valence electrons. The minimum absolute atomic E-state index is 0.0408. The van der Waals surface area contributed by atoms with Crippen molar-refractivity contribution in [1.29, 1.82) is 0 Å². The van der Waals surface area contributed by atoms with E-state index in [2.05, 4.69) is 54.6 Å². The van der Waals surface area contributed by atoms with Crippen molar-refractivity contribution < 1.29 is 4.42 Å². The highest BCUT2D eigenvalue weighted by Gasteiger charge is 2.16. The van der Waals surface area contributed by atoms with Crippen molar-refractivity contribution in [1.82, 2.24) is 24.1 Å². The van der Waals surface area contributed by atoms with Crippen molar-refractivity contribution in [3.8, 4) is 45.3 Å². The van der Waals surface area contributed by atoms with Crippen LogP contribution in [-0.4, -0.2) is 24.1 Å². The summed E-state index contributed by atoms with van der Waals surface area (Å²) in [5.41, 5.74) is 8.17. The number of hydrogen-bond acceptors (Lipinski definition) is 5. The van der Waals surface area contributed by atoms with Gasteiger partial charge in [0.15, 0.2) is 17.5 Å². The predicted octanol–water partition coefficient (Wildman–Crippen LogP) is 8.78. The van der Waals surface area contributed by atoms with Gasteiger partial charge < -0.3 is 4.42 Å². The van der Waals surface area contributed by atoms with E-state index in [1.165, 1.54) is 0 Å². The fourth-order valence-corrected chi connectivity index (χ4v) is 6.45. The van der Waals surface area contributed by atoms with Gasteiger partial charge in [0.25, 0.3) is 0 Å². The minimum atomic E-state index is -0.0408. The Morgan fingerprint density at radius 3 is 1.77 bits per heavy atom. The van der Waals surface area contributed by atoms with Gasteiger partial charge in [-0.2, -0.15) is 0 Å². The zero-order valence-electron chi connectivity index (χ0n) is 25.7. The highest BCUT2D eigenvalue weighted by atomic mass is 16.3. The molecule has 0 saturated carbocycles. The van der Waals surface area contributed by atoms with Gasteiger partial charge in [-0.05, 0) is 64.4 Å². The number of hydrogen-bond donors (Lipinski definition) is 0. The third-order valence-electron chi connectivity index (χ3n) is 9.01. The van der Waals surface area contributed by atoms with E-state index >= 15 is 0 Å². The summed E-state index contributed by atoms with van der Waals surface area (Å²) in [5, 5.41) is 4.38. The van der Waals surface area contributed by atoms with Crippen LogP contribution < -0.4 is 5.69 Å². The minimum Gasteiger partial charge on any atom is -0.456 e. The number of aryl methyl sites for hydroxylation is 2. The van der Waals surface area contributed by atoms with E-state index < -0.39 is 0 Å². The van der Waals surface area contributed by atoms with Gasteiger partial charge in [-0.25, -0.2) is 19.7 Å². The maximum absolute atomic E-state index is 12.5. The summed E-state index contributed by atoms with van der Waals surface area (Å²) in [6.07, 6.45) is 0. The average molecular weight is 610 g/mol. The first-order valence-electron chi connectivity index (χ1n) is 15.4. The predicted molar refractivity (Wildman–Crippen MR) is 188 cm³/mol. The molecule has 0 aliphatic heterocycles. The van der Waals surface area contributed by atoms with E-state index in [1.54, 1.807) is 23.2 Å². The molecule has 9 rings (SSSR count). The molecular formula is C40H27N5O2. The Hall–Kier alpha value is -6.34. The fraction of sp³-hybridized carbons (Fsp3) is 0.0500. The lowest BCUT2D eigenvalue weighted by atomic mass is 10.0. The molecule has 0 spiro atoms. The SMILES string of the molecule is Cn1c(=O)n(C)c2cc(-c3ccc(-c4nc(-c5ccccc5)nc(-c5ccc6oc7cc8ccccc8cc7c6c5)n4)cc3)ccc21. The zero-order valence-corrected chi connectivity index (χ0v) is 25.7. The second kappa shape index (κ2) is 10.4. The molecule has 7 nitrogen and oxygen atoms in total. The fourth-order valence-electron chi connectivity index (χ4n) is 6.45. The molecule has 0 aliphatic rings. The van der Waals surface area contributed by atoms with Gasteiger partial charge in [0.05, 0.1) is 11.0 Å². The Kier molecular flexibility index (Phi) is 5.95. The van der Waals surface area contributed by atoms with Crippen LogP contribution in [0, 0.1) is 0 Å². The smallest absolute Gasteiger partial charge is 0.328 e. The lowest BCUT2D eigenvalue weighted by Gasteiger charge is -2.09. The van der Waals surface area contributed by atoms with Crippen LogP contribution in [0.5, 0.6) is 0 Å². The van der Waals surface area contributed by atoms with E-state index in [9.17, 15) is 4.79 Å². The number of fused-ring (bicyclic) bond motifs is 5. The Bertz CT molecular complexity index is 2720.